The zero-order valence-electron chi connectivity index (χ0n) is 8.70. The van der Waals surface area contributed by atoms with Crippen LogP contribution in [0.25, 0.3) is 0 Å². The van der Waals surface area contributed by atoms with Crippen LogP contribution >= 0.6 is 15.9 Å². The second kappa shape index (κ2) is 5.50. The smallest absolute Gasteiger partial charge is 0.224 e. The summed E-state index contributed by atoms with van der Waals surface area (Å²) in [7, 11) is 0. The predicted molar refractivity (Wildman–Crippen MR) is 65.6 cm³/mol. The van der Waals surface area contributed by atoms with Crippen LogP contribution in [0.4, 0.5) is 5.69 Å². The number of nitrogens with zero attached hydrogens (tertiary/aromatic N) is 1. The lowest BCUT2D eigenvalue weighted by Crippen LogP contribution is -2.14. The number of rotatable bonds is 3. The van der Waals surface area contributed by atoms with Crippen molar-refractivity contribution in [1.82, 2.24) is 0 Å². The van der Waals surface area contributed by atoms with Gasteiger partial charge in [0.2, 0.25) is 5.91 Å². The molecular weight excluding hydrogens is 274 g/mol. The van der Waals surface area contributed by atoms with Crippen LogP contribution in [0.5, 0.6) is 0 Å². The Balaban J connectivity index is 2.96. The SMILES string of the molecule is CCC(=O)Nc1ccc(/C(N)=N/O)cc1Br. The van der Waals surface area contributed by atoms with Crippen molar-refractivity contribution in [2.75, 3.05) is 5.32 Å². The third kappa shape index (κ3) is 2.96. The predicted octanol–water partition coefficient (Wildman–Crippen LogP) is 1.89. The van der Waals surface area contributed by atoms with E-state index in [1.54, 1.807) is 25.1 Å². The van der Waals surface area contributed by atoms with Crippen LogP contribution in [-0.2, 0) is 4.79 Å². The van der Waals surface area contributed by atoms with Gasteiger partial charge >= 0.3 is 0 Å². The van der Waals surface area contributed by atoms with Crippen molar-refractivity contribution >= 4 is 33.4 Å². The third-order valence-electron chi connectivity index (χ3n) is 1.97. The molecule has 6 heteroatoms. The molecule has 0 heterocycles. The highest BCUT2D eigenvalue weighted by Crippen LogP contribution is 2.23. The first-order valence-corrected chi connectivity index (χ1v) is 5.45. The molecule has 0 radical (unpaired) electrons. The highest BCUT2D eigenvalue weighted by Gasteiger charge is 2.06. The van der Waals surface area contributed by atoms with Crippen LogP contribution in [0.1, 0.15) is 18.9 Å². The molecule has 0 saturated carbocycles. The van der Waals surface area contributed by atoms with Crippen LogP contribution in [0.15, 0.2) is 27.8 Å². The van der Waals surface area contributed by atoms with E-state index >= 15 is 0 Å². The van der Waals surface area contributed by atoms with E-state index in [9.17, 15) is 4.79 Å². The normalized spacial score (nSPS) is 11.2. The molecule has 0 bridgehead atoms. The van der Waals surface area contributed by atoms with E-state index in [4.69, 9.17) is 10.9 Å². The summed E-state index contributed by atoms with van der Waals surface area (Å²) in [5, 5.41) is 14.1. The summed E-state index contributed by atoms with van der Waals surface area (Å²) >= 11 is 3.30. The number of amides is 1. The number of carbonyl (C=O) groups excluding carboxylic acids is 1. The minimum Gasteiger partial charge on any atom is -0.409 e. The second-order valence-electron chi connectivity index (χ2n) is 3.08. The Morgan fingerprint density at radius 3 is 2.81 bits per heavy atom. The molecule has 86 valence electrons. The lowest BCUT2D eigenvalue weighted by molar-refractivity contribution is -0.115. The van der Waals surface area contributed by atoms with E-state index in [2.05, 4.69) is 26.4 Å². The van der Waals surface area contributed by atoms with E-state index in [0.717, 1.165) is 0 Å². The summed E-state index contributed by atoms with van der Waals surface area (Å²) in [5.74, 6) is -0.0497. The van der Waals surface area contributed by atoms with E-state index in [1.165, 1.54) is 0 Å². The summed E-state index contributed by atoms with van der Waals surface area (Å²) < 4.78 is 0.679. The Morgan fingerprint density at radius 1 is 1.62 bits per heavy atom. The molecular formula is C10H12BrN3O2. The minimum atomic E-state index is -0.0720. The number of nitrogens with one attached hydrogen (secondary N) is 1. The maximum Gasteiger partial charge on any atom is 0.224 e. The number of hydrogen-bond donors (Lipinski definition) is 3. The third-order valence-corrected chi connectivity index (χ3v) is 2.62. The Bertz CT molecular complexity index is 432. The highest BCUT2D eigenvalue weighted by molar-refractivity contribution is 9.10. The van der Waals surface area contributed by atoms with Gasteiger partial charge in [-0.3, -0.25) is 4.79 Å². The number of amidine groups is 1. The van der Waals surface area contributed by atoms with E-state index in [0.29, 0.717) is 22.1 Å². The standard InChI is InChI=1S/C10H12BrN3O2/c1-2-9(15)13-8-4-3-6(5-7(8)11)10(12)14-16/h3-5,16H,2H2,1H3,(H2,12,14)(H,13,15). The van der Waals surface area contributed by atoms with Crippen LogP contribution in [0, 0.1) is 0 Å². The van der Waals surface area contributed by atoms with Gasteiger partial charge in [0.25, 0.3) is 0 Å². The Hall–Kier alpha value is -1.56. The molecule has 0 spiro atoms. The van der Waals surface area contributed by atoms with Crippen molar-refractivity contribution in [2.24, 2.45) is 10.9 Å². The van der Waals surface area contributed by atoms with Crippen LogP contribution in [-0.4, -0.2) is 17.0 Å². The quantitative estimate of drug-likeness (QED) is 0.343. The van der Waals surface area contributed by atoms with Crippen LogP contribution < -0.4 is 11.1 Å². The fourth-order valence-corrected chi connectivity index (χ4v) is 1.55. The van der Waals surface area contributed by atoms with Crippen molar-refractivity contribution in [1.29, 1.82) is 0 Å². The number of carbonyl (C=O) groups is 1. The maximum absolute atomic E-state index is 11.2. The molecule has 16 heavy (non-hydrogen) atoms. The molecule has 0 aromatic heterocycles. The van der Waals surface area contributed by atoms with Gasteiger partial charge in [-0.25, -0.2) is 0 Å². The molecule has 0 aliphatic carbocycles. The number of anilines is 1. The first-order valence-electron chi connectivity index (χ1n) is 4.65. The van der Waals surface area contributed by atoms with Gasteiger partial charge in [0.05, 0.1) is 5.69 Å². The minimum absolute atomic E-state index is 0.0223. The molecule has 4 N–H and O–H groups in total. The molecule has 1 aromatic carbocycles. The van der Waals surface area contributed by atoms with Gasteiger partial charge < -0.3 is 16.3 Å². The average molecular weight is 286 g/mol. The number of halogens is 1. The van der Waals surface area contributed by atoms with Gasteiger partial charge in [0.15, 0.2) is 5.84 Å². The highest BCUT2D eigenvalue weighted by atomic mass is 79.9. The zero-order valence-corrected chi connectivity index (χ0v) is 10.3. The van der Waals surface area contributed by atoms with Crippen molar-refractivity contribution in [2.45, 2.75) is 13.3 Å². The molecule has 0 fully saturated rings. The lowest BCUT2D eigenvalue weighted by atomic mass is 10.2. The monoisotopic (exact) mass is 285 g/mol. The topological polar surface area (TPSA) is 87.7 Å². The Labute approximate surface area is 101 Å². The number of benzene rings is 1. The number of hydrogen-bond acceptors (Lipinski definition) is 3. The summed E-state index contributed by atoms with van der Waals surface area (Å²) in [5.41, 5.74) is 6.66. The van der Waals surface area contributed by atoms with Gasteiger partial charge in [-0.15, -0.1) is 0 Å². The number of oxime groups is 1. The molecule has 0 saturated heterocycles. The summed E-state index contributed by atoms with van der Waals surface area (Å²) in [6.07, 6.45) is 0.411. The second-order valence-corrected chi connectivity index (χ2v) is 3.94. The van der Waals surface area contributed by atoms with Gasteiger partial charge in [-0.1, -0.05) is 12.1 Å². The van der Waals surface area contributed by atoms with Crippen LogP contribution in [0.2, 0.25) is 0 Å². The van der Waals surface area contributed by atoms with Crippen molar-refractivity contribution in [3.05, 3.63) is 28.2 Å². The molecule has 5 nitrogen and oxygen atoms in total. The number of nitrogens with two attached hydrogens (primary N) is 1. The van der Waals surface area contributed by atoms with Crippen molar-refractivity contribution in [3.63, 3.8) is 0 Å². The van der Waals surface area contributed by atoms with E-state index < -0.39 is 0 Å². The maximum atomic E-state index is 11.2. The van der Waals surface area contributed by atoms with Gasteiger partial charge in [0.1, 0.15) is 0 Å². The van der Waals surface area contributed by atoms with E-state index in [1.807, 2.05) is 0 Å². The van der Waals surface area contributed by atoms with Crippen molar-refractivity contribution < 1.29 is 10.0 Å². The molecule has 1 aromatic rings. The first-order chi connectivity index (χ1) is 7.58. The first kappa shape index (κ1) is 12.5. The fourth-order valence-electron chi connectivity index (χ4n) is 1.07. The summed E-state index contributed by atoms with van der Waals surface area (Å²) in [6.45, 7) is 1.77. The summed E-state index contributed by atoms with van der Waals surface area (Å²) in [4.78, 5) is 11.2. The molecule has 0 aliphatic heterocycles. The van der Waals surface area contributed by atoms with Gasteiger partial charge in [-0.2, -0.15) is 0 Å². The van der Waals surface area contributed by atoms with Gasteiger partial charge in [-0.05, 0) is 34.1 Å². The largest absolute Gasteiger partial charge is 0.409 e. The molecule has 0 atom stereocenters. The summed E-state index contributed by atoms with van der Waals surface area (Å²) in [6, 6.07) is 5.01. The lowest BCUT2D eigenvalue weighted by Gasteiger charge is -2.07. The fraction of sp³-hybridized carbons (Fsp3) is 0.200. The Morgan fingerprint density at radius 2 is 2.31 bits per heavy atom. The van der Waals surface area contributed by atoms with Crippen molar-refractivity contribution in [3.8, 4) is 0 Å². The molecule has 0 unspecified atom stereocenters. The Kier molecular flexibility index (Phi) is 4.30. The molecule has 0 aliphatic rings. The average Bonchev–Trinajstić information content (AvgIpc) is 2.30. The van der Waals surface area contributed by atoms with Crippen LogP contribution in [0.3, 0.4) is 0 Å². The molecule has 1 amide bonds. The molecule has 1 rings (SSSR count). The van der Waals surface area contributed by atoms with E-state index in [-0.39, 0.29) is 11.7 Å². The van der Waals surface area contributed by atoms with Gasteiger partial charge in [0, 0.05) is 16.5 Å². The zero-order chi connectivity index (χ0) is 12.1.